The van der Waals surface area contributed by atoms with Gasteiger partial charge < -0.3 is 10.6 Å². The van der Waals surface area contributed by atoms with Crippen LogP contribution in [-0.2, 0) is 12.6 Å². The number of nitrogens with one attached hydrogen (secondary N) is 2. The molecule has 0 aliphatic heterocycles. The third-order valence-corrected chi connectivity index (χ3v) is 4.56. The highest BCUT2D eigenvalue weighted by Crippen LogP contribution is 2.30. The van der Waals surface area contributed by atoms with Gasteiger partial charge in [0.15, 0.2) is 11.5 Å². The van der Waals surface area contributed by atoms with Gasteiger partial charge in [-0.3, -0.25) is 4.79 Å². The van der Waals surface area contributed by atoms with Crippen LogP contribution in [0.5, 0.6) is 0 Å². The van der Waals surface area contributed by atoms with Crippen LogP contribution in [0.3, 0.4) is 0 Å². The summed E-state index contributed by atoms with van der Waals surface area (Å²) in [5.74, 6) is -0.403. The number of alkyl halides is 3. The van der Waals surface area contributed by atoms with Crippen LogP contribution in [0, 0.1) is 0 Å². The van der Waals surface area contributed by atoms with Crippen LogP contribution in [0.2, 0.25) is 10.0 Å². The number of pyridine rings is 1. The molecule has 2 aromatic heterocycles. The minimum atomic E-state index is -4.64. The first-order valence-electron chi connectivity index (χ1n) is 8.50. The van der Waals surface area contributed by atoms with E-state index in [0.717, 1.165) is 6.07 Å². The van der Waals surface area contributed by atoms with Gasteiger partial charge in [-0.05, 0) is 29.8 Å². The number of benzene rings is 1. The van der Waals surface area contributed by atoms with Gasteiger partial charge in [-0.15, -0.1) is 0 Å². The van der Waals surface area contributed by atoms with Gasteiger partial charge in [0.05, 0.1) is 15.6 Å². The quantitative estimate of drug-likeness (QED) is 0.483. The predicted molar refractivity (Wildman–Crippen MR) is 109 cm³/mol. The van der Waals surface area contributed by atoms with Gasteiger partial charge in [-0.2, -0.15) is 18.2 Å². The van der Waals surface area contributed by atoms with Crippen LogP contribution in [0.15, 0.2) is 42.6 Å². The highest BCUT2D eigenvalue weighted by Gasteiger charge is 2.33. The summed E-state index contributed by atoms with van der Waals surface area (Å²) < 4.78 is 39.1. The summed E-state index contributed by atoms with van der Waals surface area (Å²) >= 11 is 12.1. The van der Waals surface area contributed by atoms with Crippen molar-refractivity contribution in [2.24, 2.45) is 0 Å². The fourth-order valence-corrected chi connectivity index (χ4v) is 3.20. The predicted octanol–water partition coefficient (Wildman–Crippen LogP) is 5.41. The minimum Gasteiger partial charge on any atom is -0.357 e. The number of hydrogen-bond acceptors (Lipinski definition) is 6. The van der Waals surface area contributed by atoms with Crippen LogP contribution >= 0.6 is 23.2 Å². The third-order valence-electron chi connectivity index (χ3n) is 3.93. The van der Waals surface area contributed by atoms with Crippen molar-refractivity contribution in [2.45, 2.75) is 12.6 Å². The van der Waals surface area contributed by atoms with E-state index in [1.54, 1.807) is 24.3 Å². The average molecular weight is 456 g/mol. The van der Waals surface area contributed by atoms with E-state index in [2.05, 4.69) is 25.6 Å². The first-order chi connectivity index (χ1) is 14.2. The lowest BCUT2D eigenvalue weighted by atomic mass is 10.0. The highest BCUT2D eigenvalue weighted by atomic mass is 35.5. The molecule has 2 N–H and O–H groups in total. The molecule has 0 radical (unpaired) electrons. The maximum absolute atomic E-state index is 13.0. The molecular formula is C19H14Cl2F3N5O. The van der Waals surface area contributed by atoms with Gasteiger partial charge >= 0.3 is 6.18 Å². The largest absolute Gasteiger partial charge is 0.433 e. The van der Waals surface area contributed by atoms with Gasteiger partial charge in [0, 0.05) is 25.7 Å². The van der Waals surface area contributed by atoms with Crippen molar-refractivity contribution in [3.05, 3.63) is 69.5 Å². The number of aromatic nitrogens is 3. The van der Waals surface area contributed by atoms with Crippen LogP contribution < -0.4 is 10.6 Å². The molecular weight excluding hydrogens is 442 g/mol. The second kappa shape index (κ2) is 8.85. The van der Waals surface area contributed by atoms with Crippen molar-refractivity contribution in [1.29, 1.82) is 0 Å². The molecule has 0 unspecified atom stereocenters. The maximum atomic E-state index is 13.0. The number of anilines is 3. The molecule has 0 bridgehead atoms. The smallest absolute Gasteiger partial charge is 0.357 e. The van der Waals surface area contributed by atoms with E-state index in [0.29, 0.717) is 5.56 Å². The Labute approximate surface area is 179 Å². The Hall–Kier alpha value is -2.91. The van der Waals surface area contributed by atoms with Crippen molar-refractivity contribution in [3.63, 3.8) is 0 Å². The van der Waals surface area contributed by atoms with Gasteiger partial charge in [0.1, 0.15) is 11.6 Å². The fraction of sp³-hybridized carbons (Fsp3) is 0.158. The molecule has 6 nitrogen and oxygen atoms in total. The Morgan fingerprint density at radius 3 is 2.40 bits per heavy atom. The normalized spacial score (nSPS) is 11.3. The SMILES string of the molecule is CNc1nc(Nc2cc(CC(=O)c3c(Cl)cccc3Cl)ccn2)cc(C(F)(F)F)n1. The van der Waals surface area contributed by atoms with E-state index in [4.69, 9.17) is 23.2 Å². The molecule has 30 heavy (non-hydrogen) atoms. The van der Waals surface area contributed by atoms with Crippen molar-refractivity contribution < 1.29 is 18.0 Å². The third kappa shape index (κ3) is 5.17. The van der Waals surface area contributed by atoms with E-state index < -0.39 is 11.9 Å². The van der Waals surface area contributed by atoms with Crippen LogP contribution in [0.1, 0.15) is 21.6 Å². The molecule has 0 aliphatic rings. The van der Waals surface area contributed by atoms with Crippen LogP contribution in [-0.4, -0.2) is 27.8 Å². The standard InChI is InChI=1S/C19H14Cl2F3N5O/c1-25-18-27-14(19(22,23)24)9-16(29-18)28-15-8-10(5-6-26-15)7-13(30)17-11(20)3-2-4-12(17)21/h2-6,8-9H,7H2,1H3,(H2,25,26,27,28,29). The monoisotopic (exact) mass is 455 g/mol. The number of halogens is 5. The maximum Gasteiger partial charge on any atom is 0.433 e. The zero-order chi connectivity index (χ0) is 21.9. The number of rotatable bonds is 6. The summed E-state index contributed by atoms with van der Waals surface area (Å²) in [4.78, 5) is 24.0. The van der Waals surface area contributed by atoms with E-state index in [-0.39, 0.29) is 45.4 Å². The number of ketones is 1. The molecule has 1 aromatic carbocycles. The van der Waals surface area contributed by atoms with E-state index in [9.17, 15) is 18.0 Å². The first-order valence-corrected chi connectivity index (χ1v) is 9.26. The van der Waals surface area contributed by atoms with Gasteiger partial charge in [-0.1, -0.05) is 29.3 Å². The number of carbonyl (C=O) groups excluding carboxylic acids is 1. The molecule has 0 saturated carbocycles. The van der Waals surface area contributed by atoms with Crippen molar-refractivity contribution in [2.75, 3.05) is 17.7 Å². The Morgan fingerprint density at radius 2 is 1.77 bits per heavy atom. The molecule has 2 heterocycles. The van der Waals surface area contributed by atoms with Crippen LogP contribution in [0.4, 0.5) is 30.8 Å². The first kappa shape index (κ1) is 21.8. The summed E-state index contributed by atoms with van der Waals surface area (Å²) in [6.45, 7) is 0. The molecule has 11 heteroatoms. The lowest BCUT2D eigenvalue weighted by Crippen LogP contribution is -2.12. The summed E-state index contributed by atoms with van der Waals surface area (Å²) in [5, 5.41) is 5.65. The highest BCUT2D eigenvalue weighted by molar-refractivity contribution is 6.39. The fourth-order valence-electron chi connectivity index (χ4n) is 2.59. The average Bonchev–Trinajstić information content (AvgIpc) is 2.67. The number of hydrogen-bond donors (Lipinski definition) is 2. The number of Topliss-reactive ketones (excluding diaryl/α,β-unsaturated/α-hetero) is 1. The lowest BCUT2D eigenvalue weighted by molar-refractivity contribution is -0.141. The summed E-state index contributed by atoms with van der Waals surface area (Å²) in [6.07, 6.45) is -3.25. The molecule has 0 spiro atoms. The lowest BCUT2D eigenvalue weighted by Gasteiger charge is -2.12. The zero-order valence-electron chi connectivity index (χ0n) is 15.4. The Balaban J connectivity index is 1.84. The molecule has 0 amide bonds. The summed E-state index contributed by atoms with van der Waals surface area (Å²) in [5.41, 5.74) is -0.340. The molecule has 3 rings (SSSR count). The number of carbonyl (C=O) groups is 1. The number of nitrogens with zero attached hydrogens (tertiary/aromatic N) is 3. The molecule has 0 aliphatic carbocycles. The Morgan fingerprint density at radius 1 is 1.07 bits per heavy atom. The van der Waals surface area contributed by atoms with E-state index in [1.165, 1.54) is 19.3 Å². The van der Waals surface area contributed by atoms with Crippen molar-refractivity contribution in [3.8, 4) is 0 Å². The minimum absolute atomic E-state index is 0.0278. The van der Waals surface area contributed by atoms with Gasteiger partial charge in [0.25, 0.3) is 0 Å². The second-order valence-electron chi connectivity index (χ2n) is 6.08. The molecule has 0 atom stereocenters. The van der Waals surface area contributed by atoms with Crippen LogP contribution in [0.25, 0.3) is 0 Å². The Bertz CT molecular complexity index is 1070. The van der Waals surface area contributed by atoms with Crippen molar-refractivity contribution in [1.82, 2.24) is 15.0 Å². The molecule has 3 aromatic rings. The Kier molecular flexibility index (Phi) is 6.42. The van der Waals surface area contributed by atoms with Gasteiger partial charge in [0.2, 0.25) is 5.95 Å². The molecule has 0 fully saturated rings. The molecule has 0 saturated heterocycles. The van der Waals surface area contributed by atoms with Crippen molar-refractivity contribution >= 4 is 46.6 Å². The topological polar surface area (TPSA) is 79.8 Å². The molecule has 156 valence electrons. The zero-order valence-corrected chi connectivity index (χ0v) is 16.9. The summed E-state index contributed by atoms with van der Waals surface area (Å²) in [6, 6.07) is 8.65. The van der Waals surface area contributed by atoms with E-state index in [1.807, 2.05) is 0 Å². The summed E-state index contributed by atoms with van der Waals surface area (Å²) in [7, 11) is 1.41. The van der Waals surface area contributed by atoms with Gasteiger partial charge in [-0.25, -0.2) is 9.97 Å². The second-order valence-corrected chi connectivity index (χ2v) is 6.90. The van der Waals surface area contributed by atoms with E-state index >= 15 is 0 Å².